The first-order valence-corrected chi connectivity index (χ1v) is 15.2. The molecule has 2 atom stereocenters. The van der Waals surface area contributed by atoms with Crippen molar-refractivity contribution < 1.29 is 8.42 Å². The van der Waals surface area contributed by atoms with E-state index in [1.807, 2.05) is 32.2 Å². The average Bonchev–Trinajstić information content (AvgIpc) is 3.63. The zero-order valence-electron chi connectivity index (χ0n) is 24.4. The van der Waals surface area contributed by atoms with Gasteiger partial charge in [0, 0.05) is 62.9 Å². The van der Waals surface area contributed by atoms with E-state index in [-0.39, 0.29) is 17.0 Å². The second kappa shape index (κ2) is 12.0. The van der Waals surface area contributed by atoms with Gasteiger partial charge in [-0.25, -0.2) is 32.9 Å². The summed E-state index contributed by atoms with van der Waals surface area (Å²) < 4.78 is 30.9. The van der Waals surface area contributed by atoms with Crippen LogP contribution >= 0.6 is 0 Å². The van der Waals surface area contributed by atoms with Gasteiger partial charge in [0.1, 0.15) is 0 Å². The lowest BCUT2D eigenvalue weighted by molar-refractivity contribution is 0.260. The Morgan fingerprint density at radius 1 is 1.17 bits per heavy atom. The van der Waals surface area contributed by atoms with Crippen molar-refractivity contribution in [1.82, 2.24) is 43.9 Å². The molecule has 2 N–H and O–H groups in total. The Morgan fingerprint density at radius 3 is 2.64 bits per heavy atom. The summed E-state index contributed by atoms with van der Waals surface area (Å²) in [5.74, 6) is 0.365. The molecule has 0 bridgehead atoms. The minimum absolute atomic E-state index is 0.0123. The molecule has 220 valence electrons. The largest absolute Gasteiger partial charge is 0.351 e. The first-order valence-electron chi connectivity index (χ1n) is 13.8. The zero-order chi connectivity index (χ0) is 30.0. The lowest BCUT2D eigenvalue weighted by Gasteiger charge is -2.36. The third-order valence-corrected chi connectivity index (χ3v) is 9.02. The molecule has 0 saturated carbocycles. The van der Waals surface area contributed by atoms with Gasteiger partial charge in [-0.1, -0.05) is 20.8 Å². The van der Waals surface area contributed by atoms with Crippen LogP contribution in [0.2, 0.25) is 0 Å². The Morgan fingerprint density at radius 2 is 1.98 bits per heavy atom. The molecule has 42 heavy (non-hydrogen) atoms. The number of piperidine rings is 1. The molecule has 0 spiro atoms. The minimum atomic E-state index is -3.66. The Kier molecular flexibility index (Phi) is 8.35. The fourth-order valence-electron chi connectivity index (χ4n) is 4.93. The molecule has 0 aromatic carbocycles. The predicted octanol–water partition coefficient (Wildman–Crippen LogP) is 3.33. The lowest BCUT2D eigenvalue weighted by Crippen LogP contribution is -2.47. The van der Waals surface area contributed by atoms with E-state index >= 15 is 0 Å². The summed E-state index contributed by atoms with van der Waals surface area (Å²) in [5, 5.41) is 11.3. The lowest BCUT2D eigenvalue weighted by atomic mass is 9.95. The highest BCUT2D eigenvalue weighted by Gasteiger charge is 2.35. The van der Waals surface area contributed by atoms with Crippen LogP contribution in [0.3, 0.4) is 0 Å². The smallest absolute Gasteiger partial charge is 0.262 e. The van der Waals surface area contributed by atoms with Crippen molar-refractivity contribution >= 4 is 21.7 Å². The zero-order valence-corrected chi connectivity index (χ0v) is 25.2. The maximum absolute atomic E-state index is 13.0. The highest BCUT2D eigenvalue weighted by atomic mass is 32.2. The van der Waals surface area contributed by atoms with Gasteiger partial charge >= 0.3 is 0 Å². The van der Waals surface area contributed by atoms with Gasteiger partial charge in [-0.05, 0) is 31.4 Å². The summed E-state index contributed by atoms with van der Waals surface area (Å²) in [6, 6.07) is 4.28. The number of pyridine rings is 1. The topological polar surface area (TPSA) is 140 Å². The Bertz CT molecular complexity index is 1720. The summed E-state index contributed by atoms with van der Waals surface area (Å²) in [6.07, 6.45) is 8.58. The van der Waals surface area contributed by atoms with Crippen LogP contribution in [0.4, 0.5) is 11.6 Å². The highest BCUT2D eigenvalue weighted by Crippen LogP contribution is 2.31. The summed E-state index contributed by atoms with van der Waals surface area (Å²) >= 11 is 0. The van der Waals surface area contributed by atoms with E-state index in [0.717, 1.165) is 17.1 Å². The van der Waals surface area contributed by atoms with E-state index in [9.17, 15) is 8.42 Å². The van der Waals surface area contributed by atoms with Gasteiger partial charge in [0.25, 0.3) is 10.0 Å². The molecular formula is C28H35N11O2S. The molecule has 13 nitrogen and oxygen atoms in total. The van der Waals surface area contributed by atoms with Crippen molar-refractivity contribution in [3.05, 3.63) is 66.1 Å². The Labute approximate surface area is 245 Å². The molecule has 0 unspecified atom stereocenters. The summed E-state index contributed by atoms with van der Waals surface area (Å²) in [5.41, 5.74) is 4.10. The number of imidazole rings is 1. The number of hydrogen-bond acceptors (Lipinski definition) is 9. The molecule has 5 rings (SSSR count). The van der Waals surface area contributed by atoms with E-state index in [2.05, 4.69) is 49.4 Å². The van der Waals surface area contributed by atoms with Crippen molar-refractivity contribution in [2.45, 2.75) is 57.8 Å². The van der Waals surface area contributed by atoms with E-state index in [0.29, 0.717) is 55.0 Å². The average molecular weight is 590 g/mol. The number of anilines is 1. The number of sulfonamides is 1. The van der Waals surface area contributed by atoms with Gasteiger partial charge in [0.05, 0.1) is 41.9 Å². The van der Waals surface area contributed by atoms with Crippen molar-refractivity contribution in [1.29, 1.82) is 0 Å². The van der Waals surface area contributed by atoms with Gasteiger partial charge in [-0.3, -0.25) is 4.98 Å². The fraction of sp³-hybridized carbons (Fsp3) is 0.429. The van der Waals surface area contributed by atoms with Crippen LogP contribution in [0.25, 0.3) is 21.8 Å². The van der Waals surface area contributed by atoms with E-state index in [1.165, 1.54) is 23.0 Å². The van der Waals surface area contributed by atoms with Crippen LogP contribution in [-0.4, -0.2) is 72.2 Å². The first kappa shape index (κ1) is 29.3. The molecule has 0 aliphatic carbocycles. The van der Waals surface area contributed by atoms with Crippen LogP contribution in [0.1, 0.15) is 38.6 Å². The summed E-state index contributed by atoms with van der Waals surface area (Å²) in [6.45, 7) is 17.2. The molecule has 4 aromatic heterocycles. The van der Waals surface area contributed by atoms with Gasteiger partial charge in [0.15, 0.2) is 5.03 Å². The predicted molar refractivity (Wildman–Crippen MR) is 159 cm³/mol. The molecule has 0 amide bonds. The molecule has 0 radical (unpaired) electrons. The van der Waals surface area contributed by atoms with Crippen LogP contribution in [0.15, 0.2) is 48.3 Å². The van der Waals surface area contributed by atoms with Crippen molar-refractivity contribution in [3.8, 4) is 16.9 Å². The molecule has 1 aliphatic rings. The third kappa shape index (κ3) is 6.18. The Hall–Kier alpha value is -4.19. The van der Waals surface area contributed by atoms with E-state index < -0.39 is 10.0 Å². The van der Waals surface area contributed by atoms with E-state index in [4.69, 9.17) is 11.6 Å². The van der Waals surface area contributed by atoms with Crippen LogP contribution in [0.5, 0.6) is 0 Å². The van der Waals surface area contributed by atoms with Crippen LogP contribution < -0.4 is 10.6 Å². The quantitative estimate of drug-likeness (QED) is 0.281. The first-order chi connectivity index (χ1) is 20.0. The maximum atomic E-state index is 13.0. The molecule has 4 aromatic rings. The second-order valence-electron chi connectivity index (χ2n) is 10.9. The monoisotopic (exact) mass is 589 g/mol. The number of nitrogens with one attached hydrogen (secondary N) is 2. The fourth-order valence-corrected chi connectivity index (χ4v) is 6.45. The highest BCUT2D eigenvalue weighted by molar-refractivity contribution is 7.89. The molecule has 14 heteroatoms. The van der Waals surface area contributed by atoms with Crippen molar-refractivity contribution in [2.24, 2.45) is 13.0 Å². The molecule has 1 aliphatic heterocycles. The normalized spacial score (nSPS) is 17.8. The van der Waals surface area contributed by atoms with Crippen LogP contribution in [0, 0.1) is 19.4 Å². The molecule has 1 fully saturated rings. The standard InChI is InChI=1S/C28H35N11O2S/c1-18(2)30-12-22-7-8-25(20(4)34-22)39-15-21(11-33-39)27-24(29-5)13-31-28(36-27)35-23-9-10-38(14-19(23)3)42(40,41)26-16-37(6)17-32-26/h7-8,11,13,15-19,23,30H,9-10,12,14H2,1-4,6H3,(H,31,35,36)/t19-,23+/m1/s1. The molecule has 5 heterocycles. The molecule has 1 saturated heterocycles. The number of aryl methyl sites for hydroxylation is 2. The summed E-state index contributed by atoms with van der Waals surface area (Å²) in [7, 11) is -1.92. The number of aromatic nitrogens is 7. The maximum Gasteiger partial charge on any atom is 0.262 e. The number of rotatable bonds is 9. The second-order valence-corrected chi connectivity index (χ2v) is 12.8. The van der Waals surface area contributed by atoms with Crippen molar-refractivity contribution in [2.75, 3.05) is 18.4 Å². The number of nitrogens with zero attached hydrogens (tertiary/aromatic N) is 9. The van der Waals surface area contributed by atoms with Gasteiger partial charge in [0.2, 0.25) is 11.6 Å². The Balaban J connectivity index is 1.31. The summed E-state index contributed by atoms with van der Waals surface area (Å²) in [4.78, 5) is 21.4. The third-order valence-electron chi connectivity index (χ3n) is 7.27. The SMILES string of the molecule is [C-]#[N+]c1cnc(N[C@H]2CCN(S(=O)(=O)c3cn(C)cn3)C[C@H]2C)nc1-c1cnn(-c2ccc(CNC(C)C)nc2C)c1. The minimum Gasteiger partial charge on any atom is -0.351 e. The van der Waals surface area contributed by atoms with Gasteiger partial charge < -0.3 is 15.2 Å². The van der Waals surface area contributed by atoms with E-state index in [1.54, 1.807) is 22.5 Å². The van der Waals surface area contributed by atoms with Crippen LogP contribution in [-0.2, 0) is 23.6 Å². The van der Waals surface area contributed by atoms with Gasteiger partial charge in [-0.15, -0.1) is 0 Å². The van der Waals surface area contributed by atoms with Gasteiger partial charge in [-0.2, -0.15) is 9.40 Å². The molecular weight excluding hydrogens is 554 g/mol. The number of hydrogen-bond donors (Lipinski definition) is 2. The van der Waals surface area contributed by atoms with Crippen molar-refractivity contribution in [3.63, 3.8) is 0 Å².